The number of benzene rings is 1. The molecule has 1 aliphatic rings. The van der Waals surface area contributed by atoms with Crippen molar-refractivity contribution in [3.8, 4) is 11.8 Å². The van der Waals surface area contributed by atoms with Crippen molar-refractivity contribution >= 4 is 16.1 Å². The van der Waals surface area contributed by atoms with E-state index in [0.29, 0.717) is 17.5 Å². The third kappa shape index (κ3) is 6.76. The number of carbonyl (C=O) groups is 1. The first-order valence-electron chi connectivity index (χ1n) is 9.24. The maximum atomic E-state index is 12.7. The maximum absolute atomic E-state index is 12.7. The Morgan fingerprint density at radius 2 is 1.87 bits per heavy atom. The second kappa shape index (κ2) is 9.43. The summed E-state index contributed by atoms with van der Waals surface area (Å²) in [5, 5.41) is 0. The Morgan fingerprint density at radius 3 is 2.45 bits per heavy atom. The highest BCUT2D eigenvalue weighted by Crippen LogP contribution is 2.36. The minimum Gasteiger partial charge on any atom is -0.462 e. The van der Waals surface area contributed by atoms with Crippen molar-refractivity contribution in [3.05, 3.63) is 71.0 Å². The molecule has 0 radical (unpaired) electrons. The van der Waals surface area contributed by atoms with E-state index in [2.05, 4.69) is 16.0 Å². The molecular formula is C22H21F3O5S. The lowest BCUT2D eigenvalue weighted by Crippen LogP contribution is -2.26. The minimum atomic E-state index is -5.77. The van der Waals surface area contributed by atoms with Crippen LogP contribution >= 0.6 is 0 Å². The molecular weight excluding hydrogens is 433 g/mol. The first kappa shape index (κ1) is 24.3. The van der Waals surface area contributed by atoms with Gasteiger partial charge in [0.25, 0.3) is 0 Å². The number of rotatable bonds is 5. The molecule has 31 heavy (non-hydrogen) atoms. The number of ether oxygens (including phenoxy) is 1. The van der Waals surface area contributed by atoms with Crippen molar-refractivity contribution in [3.63, 3.8) is 0 Å². The van der Waals surface area contributed by atoms with Gasteiger partial charge in [0.05, 0.1) is 12.2 Å². The number of carbonyl (C=O) groups excluding carboxylic acids is 1. The van der Waals surface area contributed by atoms with Crippen molar-refractivity contribution in [1.82, 2.24) is 0 Å². The van der Waals surface area contributed by atoms with Crippen LogP contribution < -0.4 is 0 Å². The fourth-order valence-electron chi connectivity index (χ4n) is 2.56. The van der Waals surface area contributed by atoms with Crippen LogP contribution in [-0.2, 0) is 19.0 Å². The monoisotopic (exact) mass is 454 g/mol. The predicted molar refractivity (Wildman–Crippen MR) is 109 cm³/mol. The molecule has 0 atom stereocenters. The molecule has 9 heteroatoms. The van der Waals surface area contributed by atoms with E-state index in [0.717, 1.165) is 0 Å². The summed E-state index contributed by atoms with van der Waals surface area (Å²) in [4.78, 5) is 11.6. The smallest absolute Gasteiger partial charge is 0.462 e. The van der Waals surface area contributed by atoms with Gasteiger partial charge in [0.15, 0.2) is 0 Å². The predicted octanol–water partition coefficient (Wildman–Crippen LogP) is 4.88. The third-order valence-corrected chi connectivity index (χ3v) is 5.05. The molecule has 0 heterocycles. The fraction of sp³-hybridized carbons (Fsp3) is 0.318. The summed E-state index contributed by atoms with van der Waals surface area (Å²) in [5.41, 5.74) is -4.76. The first-order valence-corrected chi connectivity index (χ1v) is 10.6. The maximum Gasteiger partial charge on any atom is 0.534 e. The van der Waals surface area contributed by atoms with Crippen LogP contribution in [0.4, 0.5) is 13.2 Å². The Labute approximate surface area is 179 Å². The largest absolute Gasteiger partial charge is 0.534 e. The summed E-state index contributed by atoms with van der Waals surface area (Å²) in [5.74, 6) is 4.70. The normalized spacial score (nSPS) is 16.1. The van der Waals surface area contributed by atoms with Gasteiger partial charge in [-0.15, -0.1) is 0 Å². The van der Waals surface area contributed by atoms with E-state index in [9.17, 15) is 26.4 Å². The van der Waals surface area contributed by atoms with Gasteiger partial charge in [0, 0.05) is 11.1 Å². The first-order chi connectivity index (χ1) is 14.3. The van der Waals surface area contributed by atoms with Crippen LogP contribution in [0.3, 0.4) is 0 Å². The fourth-order valence-corrected chi connectivity index (χ4v) is 3.06. The Balaban J connectivity index is 2.18. The molecule has 0 saturated carbocycles. The lowest BCUT2D eigenvalue weighted by Gasteiger charge is -2.25. The molecule has 1 aromatic carbocycles. The Kier molecular flexibility index (Phi) is 7.39. The number of allylic oxidation sites excluding steroid dienone is 4. The van der Waals surface area contributed by atoms with E-state index >= 15 is 0 Å². The van der Waals surface area contributed by atoms with Gasteiger partial charge in [-0.1, -0.05) is 31.8 Å². The Morgan fingerprint density at radius 1 is 1.23 bits per heavy atom. The number of halogens is 3. The molecule has 0 aliphatic heterocycles. The molecule has 1 aliphatic carbocycles. The van der Waals surface area contributed by atoms with Gasteiger partial charge >= 0.3 is 21.6 Å². The molecule has 0 spiro atoms. The lowest BCUT2D eigenvalue weighted by atomic mass is 9.83. The second-order valence-electron chi connectivity index (χ2n) is 7.24. The van der Waals surface area contributed by atoms with Gasteiger partial charge in [-0.2, -0.15) is 21.6 Å². The molecule has 0 aromatic heterocycles. The zero-order valence-electron chi connectivity index (χ0n) is 17.1. The van der Waals surface area contributed by atoms with Gasteiger partial charge < -0.3 is 8.92 Å². The highest BCUT2D eigenvalue weighted by Gasteiger charge is 2.49. The molecule has 0 fully saturated rings. The van der Waals surface area contributed by atoms with Gasteiger partial charge in [-0.25, -0.2) is 4.79 Å². The van der Waals surface area contributed by atoms with E-state index < -0.39 is 32.8 Å². The van der Waals surface area contributed by atoms with E-state index in [1.807, 2.05) is 13.8 Å². The molecule has 0 unspecified atom stereocenters. The number of esters is 1. The molecule has 0 bridgehead atoms. The van der Waals surface area contributed by atoms with Crippen LogP contribution in [0.1, 0.15) is 43.1 Å². The quantitative estimate of drug-likeness (QED) is 0.275. The van der Waals surface area contributed by atoms with Crippen LogP contribution in [0.15, 0.2) is 59.9 Å². The zero-order valence-corrected chi connectivity index (χ0v) is 17.9. The van der Waals surface area contributed by atoms with Crippen LogP contribution in [-0.4, -0.2) is 26.5 Å². The standard InChI is InChI=1S/C22H21F3O5S/c1-4-29-20(26)17-11-9-16(10-12-17)7-5-6-8-18-15-21(2,3)14-13-19(18)30-31(27,28)22(23,24)25/h6,8-13,15H,4,14H2,1-3H3. The van der Waals surface area contributed by atoms with Crippen LogP contribution in [0.25, 0.3) is 0 Å². The molecule has 2 rings (SSSR count). The van der Waals surface area contributed by atoms with Crippen molar-refractivity contribution in [2.75, 3.05) is 6.61 Å². The number of alkyl halides is 3. The Hall–Kier alpha value is -2.99. The topological polar surface area (TPSA) is 69.7 Å². The van der Waals surface area contributed by atoms with E-state index in [1.165, 1.54) is 18.2 Å². The second-order valence-corrected chi connectivity index (χ2v) is 8.78. The highest BCUT2D eigenvalue weighted by atomic mass is 32.2. The summed E-state index contributed by atoms with van der Waals surface area (Å²) >= 11 is 0. The number of hydrogen-bond donors (Lipinski definition) is 0. The van der Waals surface area contributed by atoms with E-state index in [1.54, 1.807) is 37.3 Å². The van der Waals surface area contributed by atoms with E-state index in [4.69, 9.17) is 4.74 Å². The zero-order chi connectivity index (χ0) is 23.3. The SMILES string of the molecule is CCOC(=O)c1ccc(C#CC=CC2=CC(C)(C)CC=C2OS(=O)(=O)C(F)(F)F)cc1. The lowest BCUT2D eigenvalue weighted by molar-refractivity contribution is -0.0520. The highest BCUT2D eigenvalue weighted by molar-refractivity contribution is 7.87. The average Bonchev–Trinajstić information content (AvgIpc) is 2.66. The third-order valence-electron chi connectivity index (χ3n) is 4.09. The summed E-state index contributed by atoms with van der Waals surface area (Å²) < 4.78 is 69.9. The summed E-state index contributed by atoms with van der Waals surface area (Å²) in [7, 11) is -5.77. The van der Waals surface area contributed by atoms with Crippen molar-refractivity contribution < 1.29 is 35.3 Å². The molecule has 0 N–H and O–H groups in total. The summed E-state index contributed by atoms with van der Waals surface area (Å²) in [6.07, 6.45) is 6.01. The van der Waals surface area contributed by atoms with Crippen molar-refractivity contribution in [2.45, 2.75) is 32.7 Å². The molecule has 166 valence electrons. The van der Waals surface area contributed by atoms with Crippen LogP contribution in [0.5, 0.6) is 0 Å². The van der Waals surface area contributed by atoms with Gasteiger partial charge in [-0.3, -0.25) is 0 Å². The Bertz CT molecular complexity index is 1080. The molecule has 1 aromatic rings. The molecule has 0 amide bonds. The molecule has 0 saturated heterocycles. The van der Waals surface area contributed by atoms with Crippen molar-refractivity contribution in [1.29, 1.82) is 0 Å². The van der Waals surface area contributed by atoms with E-state index in [-0.39, 0.29) is 12.2 Å². The minimum absolute atomic E-state index is 0.177. The van der Waals surface area contributed by atoms with Crippen LogP contribution in [0.2, 0.25) is 0 Å². The number of hydrogen-bond acceptors (Lipinski definition) is 5. The average molecular weight is 454 g/mol. The van der Waals surface area contributed by atoms with Crippen LogP contribution in [0, 0.1) is 17.3 Å². The van der Waals surface area contributed by atoms with Gasteiger partial charge in [0.1, 0.15) is 5.76 Å². The van der Waals surface area contributed by atoms with Gasteiger partial charge in [-0.05, 0) is 61.3 Å². The molecule has 5 nitrogen and oxygen atoms in total. The summed E-state index contributed by atoms with van der Waals surface area (Å²) in [6, 6.07) is 6.38. The van der Waals surface area contributed by atoms with Crippen molar-refractivity contribution in [2.24, 2.45) is 5.41 Å². The summed E-state index contributed by atoms with van der Waals surface area (Å²) in [6.45, 7) is 5.67. The van der Waals surface area contributed by atoms with Gasteiger partial charge in [0.2, 0.25) is 0 Å².